The summed E-state index contributed by atoms with van der Waals surface area (Å²) < 4.78 is 19.5. The van der Waals surface area contributed by atoms with Gasteiger partial charge in [-0.1, -0.05) is 0 Å². The number of H-pyrrole nitrogens is 1. The first-order chi connectivity index (χ1) is 14.6. The number of aromatic amines is 1. The van der Waals surface area contributed by atoms with Gasteiger partial charge in [0.25, 0.3) is 0 Å². The predicted molar refractivity (Wildman–Crippen MR) is 117 cm³/mol. The van der Waals surface area contributed by atoms with Gasteiger partial charge in [0.05, 0.1) is 22.8 Å². The molecule has 154 valence electrons. The Kier molecular flexibility index (Phi) is 5.08. The lowest BCUT2D eigenvalue weighted by atomic mass is 10.2. The highest BCUT2D eigenvalue weighted by Crippen LogP contribution is 2.34. The average molecular weight is 423 g/mol. The number of nitrogens with zero attached hydrogens (tertiary/aromatic N) is 3. The smallest absolute Gasteiger partial charge is 0.226 e. The van der Waals surface area contributed by atoms with E-state index in [1.165, 1.54) is 17.0 Å². The Bertz CT molecular complexity index is 1180. The van der Waals surface area contributed by atoms with Gasteiger partial charge in [-0.3, -0.25) is 4.90 Å². The first-order valence-electron chi connectivity index (χ1n) is 10.1. The number of halogens is 1. The van der Waals surface area contributed by atoms with E-state index in [2.05, 4.69) is 28.3 Å². The van der Waals surface area contributed by atoms with Crippen LogP contribution in [-0.2, 0) is 6.54 Å². The van der Waals surface area contributed by atoms with Gasteiger partial charge in [0, 0.05) is 17.0 Å². The van der Waals surface area contributed by atoms with Crippen LogP contribution in [0, 0.1) is 12.7 Å². The molecule has 0 bridgehead atoms. The Balaban J connectivity index is 1.38. The molecule has 1 aliphatic heterocycles. The lowest BCUT2D eigenvalue weighted by Crippen LogP contribution is -2.24. The maximum Gasteiger partial charge on any atom is 0.226 e. The third-order valence-electron chi connectivity index (χ3n) is 5.72. The molecule has 1 saturated heterocycles. The summed E-state index contributed by atoms with van der Waals surface area (Å²) in [4.78, 5) is 16.4. The molecule has 1 atom stereocenters. The summed E-state index contributed by atoms with van der Waals surface area (Å²) in [5.74, 6) is 2.14. The highest BCUT2D eigenvalue weighted by Gasteiger charge is 2.30. The van der Waals surface area contributed by atoms with Crippen LogP contribution in [0.25, 0.3) is 22.5 Å². The zero-order valence-corrected chi connectivity index (χ0v) is 17.8. The summed E-state index contributed by atoms with van der Waals surface area (Å²) in [6, 6.07) is 13.1. The molecule has 0 aliphatic carbocycles. The summed E-state index contributed by atoms with van der Waals surface area (Å²) in [6.07, 6.45) is 4.17. The van der Waals surface area contributed by atoms with Crippen LogP contribution in [0.3, 0.4) is 0 Å². The highest BCUT2D eigenvalue weighted by atomic mass is 32.2. The number of likely N-dealkylation sites (tertiary alicyclic amines) is 1. The second-order valence-electron chi connectivity index (χ2n) is 7.66. The lowest BCUT2D eigenvalue weighted by Gasteiger charge is -2.21. The van der Waals surface area contributed by atoms with Crippen LogP contribution in [0.4, 0.5) is 4.39 Å². The Morgan fingerprint density at radius 3 is 2.83 bits per heavy atom. The summed E-state index contributed by atoms with van der Waals surface area (Å²) in [5, 5.41) is 0. The summed E-state index contributed by atoms with van der Waals surface area (Å²) in [6.45, 7) is 3.64. The molecule has 2 aromatic carbocycles. The maximum absolute atomic E-state index is 13.5. The van der Waals surface area contributed by atoms with Gasteiger partial charge >= 0.3 is 0 Å². The standard InChI is InChI=1S/C23H23FN4OS/c1-14-20(27-23(29-14)15-5-8-17(30-2)9-6-15)13-28-11-3-4-21(28)22-25-18-10-7-16(24)12-19(18)26-22/h5-10,12,21H,3-4,11,13H2,1-2H3,(H,25,26)/t21-/m1/s1. The third kappa shape index (κ3) is 3.63. The van der Waals surface area contributed by atoms with Crippen molar-refractivity contribution in [2.75, 3.05) is 12.8 Å². The number of benzene rings is 2. The van der Waals surface area contributed by atoms with Crippen LogP contribution in [0.2, 0.25) is 0 Å². The SMILES string of the molecule is CSc1ccc(-c2nc(CN3CCC[C@@H]3c3nc4ccc(F)cc4[nH]3)c(C)o2)cc1. The molecule has 0 amide bonds. The fourth-order valence-electron chi connectivity index (χ4n) is 4.11. The van der Waals surface area contributed by atoms with E-state index in [-0.39, 0.29) is 11.9 Å². The van der Waals surface area contributed by atoms with Crippen LogP contribution in [0.1, 0.15) is 36.2 Å². The van der Waals surface area contributed by atoms with Crippen molar-refractivity contribution in [1.29, 1.82) is 0 Å². The van der Waals surface area contributed by atoms with Crippen LogP contribution < -0.4 is 0 Å². The second-order valence-corrected chi connectivity index (χ2v) is 8.54. The number of hydrogen-bond acceptors (Lipinski definition) is 5. The van der Waals surface area contributed by atoms with E-state index in [4.69, 9.17) is 14.4 Å². The molecule has 0 radical (unpaired) electrons. The first kappa shape index (κ1) is 19.3. The molecule has 1 fully saturated rings. The molecular formula is C23H23FN4OS. The van der Waals surface area contributed by atoms with Crippen molar-refractivity contribution in [3.63, 3.8) is 0 Å². The van der Waals surface area contributed by atoms with E-state index in [0.29, 0.717) is 12.4 Å². The third-order valence-corrected chi connectivity index (χ3v) is 6.47. The fourth-order valence-corrected chi connectivity index (χ4v) is 4.52. The minimum atomic E-state index is -0.253. The van der Waals surface area contributed by atoms with Crippen molar-refractivity contribution >= 4 is 22.8 Å². The lowest BCUT2D eigenvalue weighted by molar-refractivity contribution is 0.237. The molecule has 4 aromatic rings. The first-order valence-corrected chi connectivity index (χ1v) is 11.3. The van der Waals surface area contributed by atoms with Crippen molar-refractivity contribution in [2.24, 2.45) is 0 Å². The Labute approximate surface area is 178 Å². The number of rotatable bonds is 5. The fraction of sp³-hybridized carbons (Fsp3) is 0.304. The molecule has 0 unspecified atom stereocenters. The second kappa shape index (κ2) is 7.89. The van der Waals surface area contributed by atoms with Crippen molar-refractivity contribution in [3.05, 3.63) is 65.6 Å². The number of aromatic nitrogens is 3. The molecule has 3 heterocycles. The van der Waals surface area contributed by atoms with E-state index < -0.39 is 0 Å². The zero-order valence-electron chi connectivity index (χ0n) is 17.0. The van der Waals surface area contributed by atoms with E-state index in [1.54, 1.807) is 17.8 Å². The van der Waals surface area contributed by atoms with Crippen LogP contribution in [-0.4, -0.2) is 32.7 Å². The molecule has 1 aliphatic rings. The molecular weight excluding hydrogens is 399 g/mol. The van der Waals surface area contributed by atoms with Gasteiger partial charge in [-0.15, -0.1) is 11.8 Å². The quantitative estimate of drug-likeness (QED) is 0.417. The number of fused-ring (bicyclic) bond motifs is 1. The number of imidazole rings is 1. The van der Waals surface area contributed by atoms with Gasteiger partial charge in [0.1, 0.15) is 17.4 Å². The number of nitrogens with one attached hydrogen (secondary N) is 1. The van der Waals surface area contributed by atoms with Gasteiger partial charge in [-0.2, -0.15) is 0 Å². The van der Waals surface area contributed by atoms with Gasteiger partial charge in [-0.05, 0) is 75.0 Å². The number of hydrogen-bond donors (Lipinski definition) is 1. The van der Waals surface area contributed by atoms with Gasteiger partial charge in [0.2, 0.25) is 5.89 Å². The molecule has 5 nitrogen and oxygen atoms in total. The van der Waals surface area contributed by atoms with E-state index >= 15 is 0 Å². The van der Waals surface area contributed by atoms with E-state index in [9.17, 15) is 4.39 Å². The Morgan fingerprint density at radius 1 is 1.20 bits per heavy atom. The summed E-state index contributed by atoms with van der Waals surface area (Å²) in [7, 11) is 0. The Hall–Kier alpha value is -2.64. The van der Waals surface area contributed by atoms with E-state index in [0.717, 1.165) is 53.3 Å². The minimum Gasteiger partial charge on any atom is -0.441 e. The predicted octanol–water partition coefficient (Wildman–Crippen LogP) is 5.72. The molecule has 2 aromatic heterocycles. The van der Waals surface area contributed by atoms with Gasteiger partial charge in [-0.25, -0.2) is 14.4 Å². The van der Waals surface area contributed by atoms with Crippen molar-refractivity contribution in [2.45, 2.75) is 37.2 Å². The summed E-state index contributed by atoms with van der Waals surface area (Å²) in [5.41, 5.74) is 3.48. The average Bonchev–Trinajstić information content (AvgIpc) is 3.47. The number of oxazole rings is 1. The Morgan fingerprint density at radius 2 is 2.03 bits per heavy atom. The molecule has 30 heavy (non-hydrogen) atoms. The van der Waals surface area contributed by atoms with Crippen molar-refractivity contribution < 1.29 is 8.81 Å². The minimum absolute atomic E-state index is 0.167. The monoisotopic (exact) mass is 422 g/mol. The highest BCUT2D eigenvalue weighted by molar-refractivity contribution is 7.98. The van der Waals surface area contributed by atoms with Crippen LogP contribution in [0.15, 0.2) is 51.8 Å². The molecule has 0 saturated carbocycles. The zero-order chi connectivity index (χ0) is 20.7. The number of thioether (sulfide) groups is 1. The topological polar surface area (TPSA) is 58.0 Å². The van der Waals surface area contributed by atoms with E-state index in [1.807, 2.05) is 19.1 Å². The van der Waals surface area contributed by atoms with Crippen LogP contribution >= 0.6 is 11.8 Å². The van der Waals surface area contributed by atoms with Gasteiger partial charge in [0.15, 0.2) is 0 Å². The molecule has 0 spiro atoms. The molecule has 5 rings (SSSR count). The van der Waals surface area contributed by atoms with Crippen LogP contribution in [0.5, 0.6) is 0 Å². The maximum atomic E-state index is 13.5. The molecule has 1 N–H and O–H groups in total. The number of aryl methyl sites for hydroxylation is 1. The van der Waals surface area contributed by atoms with Gasteiger partial charge < -0.3 is 9.40 Å². The largest absolute Gasteiger partial charge is 0.441 e. The molecule has 7 heteroatoms. The van der Waals surface area contributed by atoms with Crippen molar-refractivity contribution in [3.8, 4) is 11.5 Å². The summed E-state index contributed by atoms with van der Waals surface area (Å²) >= 11 is 1.72. The van der Waals surface area contributed by atoms with Crippen molar-refractivity contribution in [1.82, 2.24) is 19.9 Å². The normalized spacial score (nSPS) is 17.2.